The molecule has 0 amide bonds. The summed E-state index contributed by atoms with van der Waals surface area (Å²) in [5.41, 5.74) is 2.00. The van der Waals surface area contributed by atoms with Crippen molar-refractivity contribution in [3.05, 3.63) is 57.2 Å². The van der Waals surface area contributed by atoms with Gasteiger partial charge >= 0.3 is 0 Å². The highest BCUT2D eigenvalue weighted by Gasteiger charge is 2.16. The summed E-state index contributed by atoms with van der Waals surface area (Å²) in [5.74, 6) is 0.549. The van der Waals surface area contributed by atoms with Crippen LogP contribution in [0.15, 0.2) is 35.4 Å². The molecule has 0 aliphatic rings. The molecular formula is C20H21ClN6O2S. The zero-order chi connectivity index (χ0) is 21.4. The standard InChI is InChI=1S/C20H21ClN6O2S/c1-10(2)29-17-7-16-13(6-15(17)21)5-14(19(28)25-16)12(4)24-20-22-9-18(30-20)27-11(3)8-23-26-27/h5-10,12H,1-4H3,(H,22,24)(H,25,28)/t12-/m0/s1. The van der Waals surface area contributed by atoms with Crippen molar-refractivity contribution in [3.8, 4) is 10.8 Å². The van der Waals surface area contributed by atoms with Crippen molar-refractivity contribution in [1.82, 2.24) is 25.0 Å². The molecule has 0 fully saturated rings. The van der Waals surface area contributed by atoms with Crippen LogP contribution in [0.1, 0.15) is 38.1 Å². The number of fused-ring (bicyclic) bond motifs is 1. The van der Waals surface area contributed by atoms with E-state index in [1.807, 2.05) is 33.8 Å². The number of pyridine rings is 1. The minimum Gasteiger partial charge on any atom is -0.489 e. The van der Waals surface area contributed by atoms with Crippen molar-refractivity contribution in [1.29, 1.82) is 0 Å². The Morgan fingerprint density at radius 2 is 2.03 bits per heavy atom. The van der Waals surface area contributed by atoms with Crippen molar-refractivity contribution in [3.63, 3.8) is 0 Å². The van der Waals surface area contributed by atoms with Crippen LogP contribution in [0.25, 0.3) is 15.9 Å². The molecule has 0 aliphatic heterocycles. The van der Waals surface area contributed by atoms with E-state index in [4.69, 9.17) is 16.3 Å². The highest BCUT2D eigenvalue weighted by atomic mass is 35.5. The Morgan fingerprint density at radius 3 is 2.73 bits per heavy atom. The lowest BCUT2D eigenvalue weighted by molar-refractivity contribution is 0.243. The fourth-order valence-electron chi connectivity index (χ4n) is 3.09. The molecule has 0 unspecified atom stereocenters. The highest BCUT2D eigenvalue weighted by molar-refractivity contribution is 7.17. The second kappa shape index (κ2) is 8.08. The van der Waals surface area contributed by atoms with Crippen molar-refractivity contribution in [2.75, 3.05) is 5.32 Å². The summed E-state index contributed by atoms with van der Waals surface area (Å²) in [6.45, 7) is 7.69. The van der Waals surface area contributed by atoms with Gasteiger partial charge in [-0.15, -0.1) is 5.10 Å². The number of thiazole rings is 1. The quantitative estimate of drug-likeness (QED) is 0.454. The molecule has 3 heterocycles. The summed E-state index contributed by atoms with van der Waals surface area (Å²) in [6, 6.07) is 5.14. The molecule has 0 aliphatic carbocycles. The molecule has 0 bridgehead atoms. The minimum absolute atomic E-state index is 0.0142. The van der Waals surface area contributed by atoms with E-state index in [1.165, 1.54) is 11.3 Å². The SMILES string of the molecule is Cc1cnnn1-c1cnc(N[C@@H](C)c2cc3cc(Cl)c(OC(C)C)cc3[nH]c2=O)s1. The predicted molar refractivity (Wildman–Crippen MR) is 119 cm³/mol. The molecule has 0 radical (unpaired) electrons. The number of aryl methyl sites for hydroxylation is 1. The summed E-state index contributed by atoms with van der Waals surface area (Å²) in [6.07, 6.45) is 3.40. The van der Waals surface area contributed by atoms with Crippen LogP contribution < -0.4 is 15.6 Å². The van der Waals surface area contributed by atoms with Crippen molar-refractivity contribution in [2.24, 2.45) is 0 Å². The van der Waals surface area contributed by atoms with Gasteiger partial charge < -0.3 is 15.0 Å². The number of benzene rings is 1. The van der Waals surface area contributed by atoms with Gasteiger partial charge in [0.05, 0.1) is 40.8 Å². The maximum absolute atomic E-state index is 12.7. The summed E-state index contributed by atoms with van der Waals surface area (Å²) in [5, 5.41) is 14.1. The lowest BCUT2D eigenvalue weighted by Crippen LogP contribution is -2.19. The fourth-order valence-corrected chi connectivity index (χ4v) is 4.22. The Balaban J connectivity index is 1.61. The molecule has 1 aromatic carbocycles. The first-order valence-corrected chi connectivity index (χ1v) is 10.6. The first-order chi connectivity index (χ1) is 14.3. The molecule has 0 saturated heterocycles. The van der Waals surface area contributed by atoms with Gasteiger partial charge in [0.1, 0.15) is 10.8 Å². The zero-order valence-electron chi connectivity index (χ0n) is 16.9. The van der Waals surface area contributed by atoms with Crippen LogP contribution in [0.4, 0.5) is 5.13 Å². The Morgan fingerprint density at radius 1 is 1.23 bits per heavy atom. The Hall–Kier alpha value is -2.91. The van der Waals surface area contributed by atoms with Crippen molar-refractivity contribution in [2.45, 2.75) is 39.8 Å². The van der Waals surface area contributed by atoms with Gasteiger partial charge in [-0.25, -0.2) is 9.67 Å². The number of ether oxygens (including phenoxy) is 1. The van der Waals surface area contributed by atoms with E-state index >= 15 is 0 Å². The van der Waals surface area contributed by atoms with Crippen LogP contribution in [0.5, 0.6) is 5.75 Å². The number of hydrogen-bond donors (Lipinski definition) is 2. The van der Waals surface area contributed by atoms with Crippen LogP contribution in [0.3, 0.4) is 0 Å². The largest absolute Gasteiger partial charge is 0.489 e. The van der Waals surface area contributed by atoms with E-state index in [1.54, 1.807) is 29.2 Å². The fraction of sp³-hybridized carbons (Fsp3) is 0.300. The molecule has 30 heavy (non-hydrogen) atoms. The van der Waals surface area contributed by atoms with E-state index in [0.717, 1.165) is 16.1 Å². The van der Waals surface area contributed by atoms with Crippen molar-refractivity contribution < 1.29 is 4.74 Å². The van der Waals surface area contributed by atoms with Crippen molar-refractivity contribution >= 4 is 39.0 Å². The molecule has 2 N–H and O–H groups in total. The molecule has 3 aromatic heterocycles. The predicted octanol–water partition coefficient (Wildman–Crippen LogP) is 4.49. The van der Waals surface area contributed by atoms with E-state index in [-0.39, 0.29) is 17.7 Å². The van der Waals surface area contributed by atoms with Crippen LogP contribution in [-0.4, -0.2) is 31.1 Å². The first-order valence-electron chi connectivity index (χ1n) is 9.45. The summed E-state index contributed by atoms with van der Waals surface area (Å²) in [4.78, 5) is 20.0. The molecule has 4 aromatic rings. The van der Waals surface area contributed by atoms with Gasteiger partial charge in [-0.3, -0.25) is 4.79 Å². The number of hydrogen-bond acceptors (Lipinski definition) is 7. The lowest BCUT2D eigenvalue weighted by atomic mass is 10.1. The monoisotopic (exact) mass is 444 g/mol. The van der Waals surface area contributed by atoms with E-state index in [9.17, 15) is 4.79 Å². The average Bonchev–Trinajstić information content (AvgIpc) is 3.30. The molecule has 0 spiro atoms. The van der Waals surface area contributed by atoms with E-state index in [2.05, 4.69) is 25.6 Å². The van der Waals surface area contributed by atoms with Gasteiger partial charge in [0, 0.05) is 17.0 Å². The maximum atomic E-state index is 12.7. The molecule has 10 heteroatoms. The third-order valence-electron chi connectivity index (χ3n) is 4.52. The normalized spacial score (nSPS) is 12.5. The van der Waals surface area contributed by atoms with E-state index < -0.39 is 0 Å². The number of nitrogens with zero attached hydrogens (tertiary/aromatic N) is 4. The highest BCUT2D eigenvalue weighted by Crippen LogP contribution is 2.31. The van der Waals surface area contributed by atoms with Gasteiger partial charge in [0.2, 0.25) is 0 Å². The molecule has 4 rings (SSSR count). The number of H-pyrrole nitrogens is 1. The van der Waals surface area contributed by atoms with Crippen LogP contribution >= 0.6 is 22.9 Å². The Kier molecular flexibility index (Phi) is 5.48. The minimum atomic E-state index is -0.264. The molecule has 8 nitrogen and oxygen atoms in total. The molecule has 0 saturated carbocycles. The maximum Gasteiger partial charge on any atom is 0.253 e. The van der Waals surface area contributed by atoms with Gasteiger partial charge in [0.15, 0.2) is 5.13 Å². The van der Waals surface area contributed by atoms with Gasteiger partial charge in [-0.1, -0.05) is 28.2 Å². The summed E-state index contributed by atoms with van der Waals surface area (Å²) in [7, 11) is 0. The Labute approximate surface area is 181 Å². The number of rotatable bonds is 6. The van der Waals surface area contributed by atoms with Gasteiger partial charge in [-0.2, -0.15) is 0 Å². The van der Waals surface area contributed by atoms with Crippen LogP contribution in [-0.2, 0) is 0 Å². The third-order valence-corrected chi connectivity index (χ3v) is 5.72. The van der Waals surface area contributed by atoms with Crippen LogP contribution in [0, 0.1) is 6.92 Å². The number of halogens is 1. The average molecular weight is 445 g/mol. The van der Waals surface area contributed by atoms with E-state index in [0.29, 0.717) is 27.0 Å². The number of aromatic nitrogens is 5. The van der Waals surface area contributed by atoms with Gasteiger partial charge in [0.25, 0.3) is 5.56 Å². The second-order valence-corrected chi connectivity index (χ2v) is 8.66. The number of aromatic amines is 1. The lowest BCUT2D eigenvalue weighted by Gasteiger charge is -2.15. The van der Waals surface area contributed by atoms with Gasteiger partial charge in [-0.05, 0) is 39.8 Å². The molecule has 1 atom stereocenters. The second-order valence-electron chi connectivity index (χ2n) is 7.25. The zero-order valence-corrected chi connectivity index (χ0v) is 18.5. The first kappa shape index (κ1) is 20.4. The summed E-state index contributed by atoms with van der Waals surface area (Å²) >= 11 is 7.79. The van der Waals surface area contributed by atoms with Crippen LogP contribution in [0.2, 0.25) is 5.02 Å². The molecule has 156 valence electrons. The number of anilines is 1. The number of nitrogens with one attached hydrogen (secondary N) is 2. The Bertz CT molecular complexity index is 1260. The molecular weight excluding hydrogens is 424 g/mol. The topological polar surface area (TPSA) is 97.7 Å². The smallest absolute Gasteiger partial charge is 0.253 e. The third kappa shape index (κ3) is 4.03. The summed E-state index contributed by atoms with van der Waals surface area (Å²) < 4.78 is 7.42.